The maximum absolute atomic E-state index is 12.7. The zero-order valence-corrected chi connectivity index (χ0v) is 13.0. The molecule has 2 aliphatic carbocycles. The summed E-state index contributed by atoms with van der Waals surface area (Å²) in [4.78, 5) is 12.7. The van der Waals surface area contributed by atoms with Gasteiger partial charge in [-0.2, -0.15) is 0 Å². The summed E-state index contributed by atoms with van der Waals surface area (Å²) in [6.07, 6.45) is 5.32. The van der Waals surface area contributed by atoms with Crippen molar-refractivity contribution in [3.05, 3.63) is 47.0 Å². The van der Waals surface area contributed by atoms with Gasteiger partial charge in [0, 0.05) is 5.41 Å². The van der Waals surface area contributed by atoms with E-state index < -0.39 is 0 Å². The van der Waals surface area contributed by atoms with Gasteiger partial charge in [0.25, 0.3) is 0 Å². The second kappa shape index (κ2) is 4.31. The van der Waals surface area contributed by atoms with E-state index in [-0.39, 0.29) is 10.8 Å². The third-order valence-corrected chi connectivity index (χ3v) is 6.01. The molecule has 3 rings (SSSR count). The number of hydrogen-bond acceptors (Lipinski definition) is 1. The number of rotatable bonds is 2. The summed E-state index contributed by atoms with van der Waals surface area (Å²) in [7, 11) is 0. The summed E-state index contributed by atoms with van der Waals surface area (Å²) >= 11 is 0. The van der Waals surface area contributed by atoms with E-state index >= 15 is 0 Å². The number of Topliss-reactive ketones (excluding diaryl/α,β-unsaturated/α-hetero) is 1. The van der Waals surface area contributed by atoms with Gasteiger partial charge in [-0.3, -0.25) is 4.79 Å². The molecule has 0 spiro atoms. The average molecular weight is 268 g/mol. The molecular formula is C19H24O. The van der Waals surface area contributed by atoms with Crippen LogP contribution in [0.3, 0.4) is 0 Å². The van der Waals surface area contributed by atoms with Gasteiger partial charge < -0.3 is 0 Å². The van der Waals surface area contributed by atoms with Crippen molar-refractivity contribution in [1.82, 2.24) is 0 Å². The Hall–Kier alpha value is -1.37. The van der Waals surface area contributed by atoms with Crippen molar-refractivity contribution in [2.24, 2.45) is 16.7 Å². The monoisotopic (exact) mass is 268 g/mol. The Labute approximate surface area is 122 Å². The predicted molar refractivity (Wildman–Crippen MR) is 82.6 cm³/mol. The number of allylic oxidation sites excluding steroid dienone is 2. The molecule has 20 heavy (non-hydrogen) atoms. The van der Waals surface area contributed by atoms with Crippen molar-refractivity contribution in [3.63, 3.8) is 0 Å². The first-order chi connectivity index (χ1) is 9.36. The topological polar surface area (TPSA) is 17.1 Å². The Morgan fingerprint density at radius 3 is 2.65 bits per heavy atom. The third-order valence-electron chi connectivity index (χ3n) is 6.01. The van der Waals surface area contributed by atoms with Crippen molar-refractivity contribution < 1.29 is 4.79 Å². The molecule has 106 valence electrons. The van der Waals surface area contributed by atoms with Crippen molar-refractivity contribution in [3.8, 4) is 0 Å². The van der Waals surface area contributed by atoms with Crippen LogP contribution < -0.4 is 0 Å². The highest BCUT2D eigenvalue weighted by Crippen LogP contribution is 2.65. The number of carbonyl (C=O) groups excluding carboxylic acids is 1. The average Bonchev–Trinajstić information content (AvgIpc) is 2.69. The standard InChI is InChI=1S/C19H24O/c1-13-6-5-7-14(12-13)8-9-15-16-10-11-19(4,17(15)20)18(16,2)3/h5-7,9,12,16H,8,10-11H2,1-4H3/b15-9+. The minimum absolute atomic E-state index is 0.128. The van der Waals surface area contributed by atoms with Gasteiger partial charge in [-0.1, -0.05) is 56.7 Å². The van der Waals surface area contributed by atoms with Crippen LogP contribution >= 0.6 is 0 Å². The van der Waals surface area contributed by atoms with Gasteiger partial charge in [-0.05, 0) is 48.7 Å². The van der Waals surface area contributed by atoms with Gasteiger partial charge >= 0.3 is 0 Å². The molecule has 2 unspecified atom stereocenters. The van der Waals surface area contributed by atoms with Crippen LogP contribution in [0.15, 0.2) is 35.9 Å². The first-order valence-corrected chi connectivity index (χ1v) is 7.67. The Morgan fingerprint density at radius 1 is 1.30 bits per heavy atom. The molecule has 1 nitrogen and oxygen atoms in total. The summed E-state index contributed by atoms with van der Waals surface area (Å²) < 4.78 is 0. The molecule has 2 atom stereocenters. The molecule has 0 N–H and O–H groups in total. The molecule has 0 aromatic heterocycles. The maximum atomic E-state index is 12.7. The number of carbonyl (C=O) groups is 1. The third kappa shape index (κ3) is 1.72. The van der Waals surface area contributed by atoms with E-state index in [0.717, 1.165) is 18.4 Å². The molecule has 2 saturated carbocycles. The van der Waals surface area contributed by atoms with Gasteiger partial charge in [0.05, 0.1) is 0 Å². The highest BCUT2D eigenvalue weighted by Gasteiger charge is 2.63. The van der Waals surface area contributed by atoms with Crippen LogP contribution in [-0.4, -0.2) is 5.78 Å². The maximum Gasteiger partial charge on any atom is 0.165 e. The quantitative estimate of drug-likeness (QED) is 0.722. The fourth-order valence-electron chi connectivity index (χ4n) is 4.23. The van der Waals surface area contributed by atoms with Gasteiger partial charge in [0.1, 0.15) is 0 Å². The number of benzene rings is 1. The van der Waals surface area contributed by atoms with E-state index in [0.29, 0.717) is 11.7 Å². The molecule has 0 saturated heterocycles. The molecule has 0 heterocycles. The zero-order chi connectivity index (χ0) is 14.5. The van der Waals surface area contributed by atoms with Crippen LogP contribution in [0.2, 0.25) is 0 Å². The molecule has 2 fully saturated rings. The molecule has 2 aliphatic rings. The zero-order valence-electron chi connectivity index (χ0n) is 13.0. The molecule has 1 heteroatoms. The molecular weight excluding hydrogens is 244 g/mol. The lowest BCUT2D eigenvalue weighted by Crippen LogP contribution is -2.32. The van der Waals surface area contributed by atoms with Crippen LogP contribution in [0.5, 0.6) is 0 Å². The first kappa shape index (κ1) is 13.6. The Morgan fingerprint density at radius 2 is 2.05 bits per heavy atom. The fraction of sp³-hybridized carbons (Fsp3) is 0.526. The molecule has 1 aromatic rings. The lowest BCUT2D eigenvalue weighted by molar-refractivity contribution is -0.125. The molecule has 0 amide bonds. The molecule has 2 bridgehead atoms. The van der Waals surface area contributed by atoms with Crippen molar-refractivity contribution in [2.75, 3.05) is 0 Å². The number of ketones is 1. The lowest BCUT2D eigenvalue weighted by Gasteiger charge is -2.31. The lowest BCUT2D eigenvalue weighted by atomic mass is 9.70. The van der Waals surface area contributed by atoms with Crippen molar-refractivity contribution >= 4 is 5.78 Å². The fourth-order valence-corrected chi connectivity index (χ4v) is 4.23. The predicted octanol–water partition coefficient (Wildman–Crippen LogP) is 4.49. The number of fused-ring (bicyclic) bond motifs is 2. The Kier molecular flexibility index (Phi) is 2.93. The van der Waals surface area contributed by atoms with E-state index in [2.05, 4.69) is 58.0 Å². The minimum atomic E-state index is -0.129. The highest BCUT2D eigenvalue weighted by molar-refractivity contribution is 6.04. The van der Waals surface area contributed by atoms with E-state index in [1.807, 2.05) is 0 Å². The van der Waals surface area contributed by atoms with Crippen molar-refractivity contribution in [2.45, 2.75) is 47.0 Å². The van der Waals surface area contributed by atoms with Gasteiger partial charge in [-0.15, -0.1) is 0 Å². The van der Waals surface area contributed by atoms with E-state index in [1.165, 1.54) is 17.5 Å². The SMILES string of the molecule is Cc1cccc(C/C=C2/C(=O)C3(C)CCC2C3(C)C)c1. The smallest absolute Gasteiger partial charge is 0.165 e. The van der Waals surface area contributed by atoms with Gasteiger partial charge in [0.2, 0.25) is 0 Å². The number of hydrogen-bond donors (Lipinski definition) is 0. The molecule has 0 aliphatic heterocycles. The summed E-state index contributed by atoms with van der Waals surface area (Å²) in [5, 5.41) is 0. The van der Waals surface area contributed by atoms with Crippen LogP contribution in [0.1, 0.15) is 44.7 Å². The summed E-state index contributed by atoms with van der Waals surface area (Å²) in [6, 6.07) is 8.57. The highest BCUT2D eigenvalue weighted by atomic mass is 16.1. The minimum Gasteiger partial charge on any atom is -0.294 e. The van der Waals surface area contributed by atoms with Crippen LogP contribution in [0.25, 0.3) is 0 Å². The summed E-state index contributed by atoms with van der Waals surface area (Å²) in [5.41, 5.74) is 3.69. The van der Waals surface area contributed by atoms with Crippen LogP contribution in [0.4, 0.5) is 0 Å². The van der Waals surface area contributed by atoms with Gasteiger partial charge in [-0.25, -0.2) is 0 Å². The Bertz CT molecular complexity index is 594. The first-order valence-electron chi connectivity index (χ1n) is 7.67. The largest absolute Gasteiger partial charge is 0.294 e. The van der Waals surface area contributed by atoms with Gasteiger partial charge in [0.15, 0.2) is 5.78 Å². The van der Waals surface area contributed by atoms with Crippen molar-refractivity contribution in [1.29, 1.82) is 0 Å². The van der Waals surface area contributed by atoms with Crippen LogP contribution in [0, 0.1) is 23.7 Å². The van der Waals surface area contributed by atoms with E-state index in [9.17, 15) is 4.79 Å². The van der Waals surface area contributed by atoms with E-state index in [4.69, 9.17) is 0 Å². The van der Waals surface area contributed by atoms with Crippen LogP contribution in [-0.2, 0) is 11.2 Å². The number of aryl methyl sites for hydroxylation is 1. The Balaban J connectivity index is 1.89. The summed E-state index contributed by atoms with van der Waals surface area (Å²) in [6.45, 7) is 8.83. The normalized spacial score (nSPS) is 33.1. The molecule has 1 aromatic carbocycles. The molecule has 0 radical (unpaired) electrons. The second-order valence-electron chi connectivity index (χ2n) is 7.33. The summed E-state index contributed by atoms with van der Waals surface area (Å²) in [5.74, 6) is 0.871. The van der Waals surface area contributed by atoms with E-state index in [1.54, 1.807) is 0 Å². The second-order valence-corrected chi connectivity index (χ2v) is 7.33.